The first-order valence-corrected chi connectivity index (χ1v) is 7.19. The van der Waals surface area contributed by atoms with Crippen molar-refractivity contribution in [1.29, 1.82) is 0 Å². The number of hydrogen-bond donors (Lipinski definition) is 3. The van der Waals surface area contributed by atoms with E-state index in [1.165, 1.54) is 4.90 Å². The van der Waals surface area contributed by atoms with Gasteiger partial charge in [-0.3, -0.25) is 4.90 Å². The number of amides is 1. The summed E-state index contributed by atoms with van der Waals surface area (Å²) in [5, 5.41) is 12.5. The number of carboxylic acid groups (broad SMARTS) is 1. The maximum Gasteiger partial charge on any atom is 0.411 e. The molecular formula is C16H18N4O2. The molecule has 0 radical (unpaired) electrons. The number of aromatic amines is 1. The molecule has 1 aromatic carbocycles. The van der Waals surface area contributed by atoms with Crippen molar-refractivity contribution in [3.63, 3.8) is 0 Å². The van der Waals surface area contributed by atoms with Gasteiger partial charge in [0.15, 0.2) is 0 Å². The maximum absolute atomic E-state index is 11.2. The van der Waals surface area contributed by atoms with Crippen LogP contribution in [-0.2, 0) is 0 Å². The standard InChI is InChI=1S/C16H18N4O2/c1-20(16(21)22)13-4-5-15-14(8-13)11(3-2-6-18-15)7-12-9-17-10-19-12/h4-5,7-10,18H,2-3,6H2,1H3,(H,17,19)(H,21,22)/b11-7+. The average molecular weight is 298 g/mol. The lowest BCUT2D eigenvalue weighted by Gasteiger charge is -2.17. The van der Waals surface area contributed by atoms with Crippen LogP contribution in [0.2, 0.25) is 0 Å². The molecular weight excluding hydrogens is 280 g/mol. The average Bonchev–Trinajstić information content (AvgIpc) is 2.94. The van der Waals surface area contributed by atoms with E-state index in [0.717, 1.165) is 41.9 Å². The highest BCUT2D eigenvalue weighted by Gasteiger charge is 2.16. The molecule has 2 heterocycles. The predicted octanol–water partition coefficient (Wildman–Crippen LogP) is 3.27. The topological polar surface area (TPSA) is 81.2 Å². The van der Waals surface area contributed by atoms with Gasteiger partial charge >= 0.3 is 6.09 Å². The minimum absolute atomic E-state index is 0.655. The van der Waals surface area contributed by atoms with Gasteiger partial charge in [0.25, 0.3) is 0 Å². The van der Waals surface area contributed by atoms with E-state index < -0.39 is 6.09 Å². The molecule has 3 N–H and O–H groups in total. The van der Waals surface area contributed by atoms with Crippen LogP contribution in [0.1, 0.15) is 24.1 Å². The summed E-state index contributed by atoms with van der Waals surface area (Å²) in [5.41, 5.74) is 4.75. The quantitative estimate of drug-likeness (QED) is 0.794. The van der Waals surface area contributed by atoms with Crippen molar-refractivity contribution < 1.29 is 9.90 Å². The second kappa shape index (κ2) is 5.93. The Morgan fingerprint density at radius 3 is 3.05 bits per heavy atom. The lowest BCUT2D eigenvalue weighted by atomic mass is 9.99. The Morgan fingerprint density at radius 2 is 2.32 bits per heavy atom. The Bertz CT molecular complexity index is 707. The minimum Gasteiger partial charge on any atom is -0.465 e. The van der Waals surface area contributed by atoms with Crippen LogP contribution in [0.4, 0.5) is 16.2 Å². The summed E-state index contributed by atoms with van der Waals surface area (Å²) in [5.74, 6) is 0. The summed E-state index contributed by atoms with van der Waals surface area (Å²) in [6.45, 7) is 0.902. The zero-order chi connectivity index (χ0) is 15.5. The molecule has 0 spiro atoms. The zero-order valence-electron chi connectivity index (χ0n) is 12.3. The molecule has 2 aromatic rings. The monoisotopic (exact) mass is 298 g/mol. The minimum atomic E-state index is -0.973. The van der Waals surface area contributed by atoms with E-state index in [-0.39, 0.29) is 0 Å². The summed E-state index contributed by atoms with van der Waals surface area (Å²) in [6, 6.07) is 5.67. The van der Waals surface area contributed by atoms with Crippen molar-refractivity contribution in [2.45, 2.75) is 12.8 Å². The number of benzene rings is 1. The third-order valence-electron chi connectivity index (χ3n) is 3.80. The van der Waals surface area contributed by atoms with Crippen molar-refractivity contribution >= 4 is 29.1 Å². The van der Waals surface area contributed by atoms with Crippen LogP contribution < -0.4 is 10.2 Å². The van der Waals surface area contributed by atoms with Crippen LogP contribution >= 0.6 is 0 Å². The van der Waals surface area contributed by atoms with E-state index in [1.54, 1.807) is 13.4 Å². The number of carbonyl (C=O) groups is 1. The van der Waals surface area contributed by atoms with Gasteiger partial charge in [0, 0.05) is 36.7 Å². The number of anilines is 2. The molecule has 0 saturated heterocycles. The van der Waals surface area contributed by atoms with Crippen LogP contribution in [0.15, 0.2) is 30.7 Å². The molecule has 0 saturated carbocycles. The van der Waals surface area contributed by atoms with E-state index >= 15 is 0 Å². The van der Waals surface area contributed by atoms with Crippen LogP contribution in [0.25, 0.3) is 11.6 Å². The lowest BCUT2D eigenvalue weighted by molar-refractivity contribution is 0.203. The van der Waals surface area contributed by atoms with Gasteiger partial charge in [0.05, 0.1) is 12.0 Å². The normalized spacial score (nSPS) is 15.8. The van der Waals surface area contributed by atoms with Crippen LogP contribution in [-0.4, -0.2) is 34.8 Å². The molecule has 3 rings (SSSR count). The van der Waals surface area contributed by atoms with Crippen LogP contribution in [0.3, 0.4) is 0 Å². The number of allylic oxidation sites excluding steroid dienone is 1. The van der Waals surface area contributed by atoms with E-state index in [9.17, 15) is 4.79 Å². The number of nitrogens with one attached hydrogen (secondary N) is 2. The lowest BCUT2D eigenvalue weighted by Crippen LogP contribution is -2.23. The molecule has 1 aliphatic heterocycles. The van der Waals surface area contributed by atoms with Gasteiger partial charge in [-0.05, 0) is 42.7 Å². The van der Waals surface area contributed by atoms with Crippen molar-refractivity contribution in [2.75, 3.05) is 23.8 Å². The fraction of sp³-hybridized carbons (Fsp3) is 0.250. The fourth-order valence-corrected chi connectivity index (χ4v) is 2.59. The van der Waals surface area contributed by atoms with Crippen molar-refractivity contribution in [3.8, 4) is 0 Å². The Labute approximate surface area is 128 Å². The molecule has 1 aliphatic rings. The summed E-state index contributed by atoms with van der Waals surface area (Å²) >= 11 is 0. The van der Waals surface area contributed by atoms with Gasteiger partial charge < -0.3 is 15.4 Å². The molecule has 0 fully saturated rings. The molecule has 1 amide bonds. The molecule has 0 atom stereocenters. The second-order valence-electron chi connectivity index (χ2n) is 5.27. The molecule has 1 aromatic heterocycles. The summed E-state index contributed by atoms with van der Waals surface area (Å²) in [6.07, 6.45) is 6.52. The molecule has 0 unspecified atom stereocenters. The second-order valence-corrected chi connectivity index (χ2v) is 5.27. The third-order valence-corrected chi connectivity index (χ3v) is 3.80. The first-order valence-electron chi connectivity index (χ1n) is 7.19. The van der Waals surface area contributed by atoms with E-state index in [0.29, 0.717) is 5.69 Å². The number of aromatic nitrogens is 2. The van der Waals surface area contributed by atoms with Crippen LogP contribution in [0.5, 0.6) is 0 Å². The highest BCUT2D eigenvalue weighted by Crippen LogP contribution is 2.34. The van der Waals surface area contributed by atoms with Crippen molar-refractivity contribution in [2.24, 2.45) is 0 Å². The Balaban J connectivity index is 2.06. The Kier molecular flexibility index (Phi) is 3.82. The summed E-state index contributed by atoms with van der Waals surface area (Å²) in [4.78, 5) is 19.6. The molecule has 6 heteroatoms. The SMILES string of the molecule is CN(C(=O)O)c1ccc2c(c1)/C(=C/c1c[nH]cn1)CCCN2. The first-order chi connectivity index (χ1) is 10.6. The van der Waals surface area contributed by atoms with Gasteiger partial charge in [-0.25, -0.2) is 9.78 Å². The largest absolute Gasteiger partial charge is 0.465 e. The molecule has 114 valence electrons. The number of hydrogen-bond acceptors (Lipinski definition) is 3. The number of nitrogens with zero attached hydrogens (tertiary/aromatic N) is 2. The van der Waals surface area contributed by atoms with E-state index in [1.807, 2.05) is 30.5 Å². The van der Waals surface area contributed by atoms with E-state index in [4.69, 9.17) is 5.11 Å². The highest BCUT2D eigenvalue weighted by molar-refractivity contribution is 5.91. The van der Waals surface area contributed by atoms with Crippen LogP contribution in [0, 0.1) is 0 Å². The summed E-state index contributed by atoms with van der Waals surface area (Å²) in [7, 11) is 1.55. The number of rotatable bonds is 2. The molecule has 6 nitrogen and oxygen atoms in total. The maximum atomic E-state index is 11.2. The van der Waals surface area contributed by atoms with E-state index in [2.05, 4.69) is 15.3 Å². The highest BCUT2D eigenvalue weighted by atomic mass is 16.4. The van der Waals surface area contributed by atoms with Crippen molar-refractivity contribution in [1.82, 2.24) is 9.97 Å². The van der Waals surface area contributed by atoms with Gasteiger partial charge in [-0.2, -0.15) is 0 Å². The number of H-pyrrole nitrogens is 1. The van der Waals surface area contributed by atoms with Gasteiger partial charge in [-0.1, -0.05) is 0 Å². The molecule has 0 bridgehead atoms. The summed E-state index contributed by atoms with van der Waals surface area (Å²) < 4.78 is 0. The van der Waals surface area contributed by atoms with Crippen molar-refractivity contribution in [3.05, 3.63) is 42.0 Å². The fourth-order valence-electron chi connectivity index (χ4n) is 2.59. The Morgan fingerprint density at radius 1 is 1.45 bits per heavy atom. The third kappa shape index (κ3) is 2.81. The molecule has 0 aliphatic carbocycles. The Hall–Kier alpha value is -2.76. The zero-order valence-corrected chi connectivity index (χ0v) is 12.3. The first kappa shape index (κ1) is 14.2. The predicted molar refractivity (Wildman–Crippen MR) is 87.1 cm³/mol. The van der Waals surface area contributed by atoms with Gasteiger partial charge in [0.1, 0.15) is 0 Å². The van der Waals surface area contributed by atoms with Gasteiger partial charge in [0.2, 0.25) is 0 Å². The van der Waals surface area contributed by atoms with Gasteiger partial charge in [-0.15, -0.1) is 0 Å². The molecule has 22 heavy (non-hydrogen) atoms. The number of fused-ring (bicyclic) bond motifs is 1. The number of imidazole rings is 1. The smallest absolute Gasteiger partial charge is 0.411 e.